The van der Waals surface area contributed by atoms with Crippen molar-refractivity contribution in [2.45, 2.75) is 65.0 Å². The molecular weight excluding hydrogens is 333 g/mol. The zero-order valence-electron chi connectivity index (χ0n) is 14.8. The Labute approximate surface area is 154 Å². The first-order valence-corrected chi connectivity index (χ1v) is 8.80. The standard InChI is InChI=1S/C17H33N3O.2ClH/c1-4-20(12(2)3)9-8-19-17(21)15-10-13-6-5-7-14(11-15)16(13)18;;/h12-16H,4-11,18H2,1-3H3,(H,19,21);2*1H. The molecule has 1 amide bonds. The molecule has 2 bridgehead atoms. The normalized spacial score (nSPS) is 29.7. The Hall–Kier alpha value is -0.0300. The highest BCUT2D eigenvalue weighted by Gasteiger charge is 2.40. The van der Waals surface area contributed by atoms with Gasteiger partial charge in [0.15, 0.2) is 0 Å². The van der Waals surface area contributed by atoms with Crippen LogP contribution in [0.2, 0.25) is 0 Å². The molecule has 0 aromatic heterocycles. The number of nitrogens with two attached hydrogens (primary N) is 1. The Bertz CT molecular complexity index is 341. The second-order valence-corrected chi connectivity index (χ2v) is 7.21. The topological polar surface area (TPSA) is 58.4 Å². The Morgan fingerprint density at radius 1 is 1.22 bits per heavy atom. The van der Waals surface area contributed by atoms with Crippen molar-refractivity contribution in [1.29, 1.82) is 0 Å². The zero-order chi connectivity index (χ0) is 15.4. The van der Waals surface area contributed by atoms with E-state index in [0.717, 1.165) is 32.5 Å². The molecule has 4 nitrogen and oxygen atoms in total. The van der Waals surface area contributed by atoms with E-state index in [1.165, 1.54) is 19.3 Å². The van der Waals surface area contributed by atoms with Crippen LogP contribution < -0.4 is 11.1 Å². The maximum absolute atomic E-state index is 12.4. The van der Waals surface area contributed by atoms with Crippen molar-refractivity contribution >= 4 is 30.7 Å². The van der Waals surface area contributed by atoms with Crippen molar-refractivity contribution in [3.63, 3.8) is 0 Å². The quantitative estimate of drug-likeness (QED) is 0.758. The predicted octanol–water partition coefficient (Wildman–Crippen LogP) is 2.83. The van der Waals surface area contributed by atoms with Crippen LogP contribution in [-0.4, -0.2) is 42.5 Å². The van der Waals surface area contributed by atoms with Crippen molar-refractivity contribution in [2.24, 2.45) is 23.5 Å². The summed E-state index contributed by atoms with van der Waals surface area (Å²) in [5.74, 6) is 1.62. The molecule has 0 aromatic rings. The first-order valence-electron chi connectivity index (χ1n) is 8.80. The molecule has 2 saturated carbocycles. The summed E-state index contributed by atoms with van der Waals surface area (Å²) in [5.41, 5.74) is 6.30. The van der Waals surface area contributed by atoms with Gasteiger partial charge in [-0.25, -0.2) is 0 Å². The first-order chi connectivity index (χ1) is 10.0. The maximum atomic E-state index is 12.4. The fourth-order valence-electron chi connectivity index (χ4n) is 4.25. The molecule has 6 heteroatoms. The molecule has 2 rings (SSSR count). The number of carbonyl (C=O) groups excluding carboxylic acids is 1. The summed E-state index contributed by atoms with van der Waals surface area (Å²) in [6.07, 6.45) is 5.75. The van der Waals surface area contributed by atoms with Crippen molar-refractivity contribution in [1.82, 2.24) is 10.2 Å². The number of nitrogens with one attached hydrogen (secondary N) is 1. The van der Waals surface area contributed by atoms with Crippen molar-refractivity contribution in [3.8, 4) is 0 Å². The highest BCUT2D eigenvalue weighted by Crippen LogP contribution is 2.41. The summed E-state index contributed by atoms with van der Waals surface area (Å²) in [5, 5.41) is 3.15. The molecule has 0 saturated heterocycles. The lowest BCUT2D eigenvalue weighted by atomic mass is 9.65. The van der Waals surface area contributed by atoms with E-state index in [0.29, 0.717) is 23.9 Å². The lowest BCUT2D eigenvalue weighted by Gasteiger charge is -2.43. The number of halogens is 2. The Kier molecular flexibility index (Phi) is 10.7. The van der Waals surface area contributed by atoms with Gasteiger partial charge in [-0.15, -0.1) is 24.8 Å². The molecular formula is C17H35Cl2N3O. The largest absolute Gasteiger partial charge is 0.355 e. The van der Waals surface area contributed by atoms with E-state index in [2.05, 4.69) is 31.0 Å². The average Bonchev–Trinajstić information content (AvgIpc) is 2.42. The highest BCUT2D eigenvalue weighted by molar-refractivity contribution is 5.85. The van der Waals surface area contributed by atoms with Gasteiger partial charge >= 0.3 is 0 Å². The van der Waals surface area contributed by atoms with Crippen LogP contribution in [0.3, 0.4) is 0 Å². The highest BCUT2D eigenvalue weighted by atomic mass is 35.5. The number of carbonyl (C=O) groups is 1. The molecule has 0 aromatic carbocycles. The van der Waals surface area contributed by atoms with Gasteiger partial charge in [0, 0.05) is 31.1 Å². The fourth-order valence-corrected chi connectivity index (χ4v) is 4.25. The Balaban J connectivity index is 0.00000242. The van der Waals surface area contributed by atoms with E-state index in [-0.39, 0.29) is 36.6 Å². The minimum Gasteiger partial charge on any atom is -0.355 e. The van der Waals surface area contributed by atoms with Gasteiger partial charge in [-0.05, 0) is 57.9 Å². The Morgan fingerprint density at radius 2 is 1.78 bits per heavy atom. The van der Waals surface area contributed by atoms with Gasteiger partial charge in [-0.2, -0.15) is 0 Å². The third-order valence-electron chi connectivity index (χ3n) is 5.62. The summed E-state index contributed by atoms with van der Waals surface area (Å²) in [4.78, 5) is 14.8. The molecule has 2 fully saturated rings. The molecule has 138 valence electrons. The molecule has 0 aliphatic heterocycles. The van der Waals surface area contributed by atoms with E-state index < -0.39 is 0 Å². The summed E-state index contributed by atoms with van der Waals surface area (Å²) < 4.78 is 0. The van der Waals surface area contributed by atoms with Crippen molar-refractivity contribution in [3.05, 3.63) is 0 Å². The third kappa shape index (κ3) is 6.08. The summed E-state index contributed by atoms with van der Waals surface area (Å²) in [6.45, 7) is 9.33. The van der Waals surface area contributed by atoms with Crippen LogP contribution in [0.15, 0.2) is 0 Å². The van der Waals surface area contributed by atoms with Crippen LogP contribution in [0.5, 0.6) is 0 Å². The number of nitrogens with zero attached hydrogens (tertiary/aromatic N) is 1. The van der Waals surface area contributed by atoms with Gasteiger partial charge < -0.3 is 11.1 Å². The monoisotopic (exact) mass is 367 g/mol. The fraction of sp³-hybridized carbons (Fsp3) is 0.941. The maximum Gasteiger partial charge on any atom is 0.223 e. The number of likely N-dealkylation sites (N-methyl/N-ethyl adjacent to an activating group) is 1. The lowest BCUT2D eigenvalue weighted by Crippen LogP contribution is -2.49. The van der Waals surface area contributed by atoms with Gasteiger partial charge in [0.05, 0.1) is 0 Å². The van der Waals surface area contributed by atoms with E-state index >= 15 is 0 Å². The van der Waals surface area contributed by atoms with Crippen LogP contribution in [0, 0.1) is 17.8 Å². The zero-order valence-corrected chi connectivity index (χ0v) is 16.4. The second-order valence-electron chi connectivity index (χ2n) is 7.21. The molecule has 2 aliphatic carbocycles. The summed E-state index contributed by atoms with van der Waals surface area (Å²) in [7, 11) is 0. The van der Waals surface area contributed by atoms with E-state index in [1.54, 1.807) is 0 Å². The van der Waals surface area contributed by atoms with Crippen LogP contribution in [0.25, 0.3) is 0 Å². The smallest absolute Gasteiger partial charge is 0.223 e. The van der Waals surface area contributed by atoms with Crippen LogP contribution in [-0.2, 0) is 4.79 Å². The van der Waals surface area contributed by atoms with E-state index in [4.69, 9.17) is 5.73 Å². The number of hydrogen-bond acceptors (Lipinski definition) is 3. The van der Waals surface area contributed by atoms with Crippen molar-refractivity contribution in [2.75, 3.05) is 19.6 Å². The Morgan fingerprint density at radius 3 is 2.26 bits per heavy atom. The third-order valence-corrected chi connectivity index (χ3v) is 5.62. The lowest BCUT2D eigenvalue weighted by molar-refractivity contribution is -0.128. The van der Waals surface area contributed by atoms with Gasteiger partial charge in [-0.1, -0.05) is 13.3 Å². The average molecular weight is 368 g/mol. The molecule has 2 aliphatic rings. The number of hydrogen-bond donors (Lipinski definition) is 2. The number of fused-ring (bicyclic) bond motifs is 2. The molecule has 2 unspecified atom stereocenters. The van der Waals surface area contributed by atoms with Crippen LogP contribution in [0.1, 0.15) is 52.9 Å². The van der Waals surface area contributed by atoms with Gasteiger partial charge in [0.1, 0.15) is 0 Å². The first kappa shape index (κ1) is 23.0. The van der Waals surface area contributed by atoms with E-state index in [1.807, 2.05) is 0 Å². The number of rotatable bonds is 6. The SMILES string of the molecule is CCN(CCNC(=O)C1CC2CCCC(C1)C2N)C(C)C.Cl.Cl. The molecule has 3 N–H and O–H groups in total. The number of amides is 1. The molecule has 0 radical (unpaired) electrons. The molecule has 0 heterocycles. The van der Waals surface area contributed by atoms with Crippen LogP contribution in [0.4, 0.5) is 0 Å². The minimum absolute atomic E-state index is 0. The van der Waals surface area contributed by atoms with Gasteiger partial charge in [-0.3, -0.25) is 9.69 Å². The second kappa shape index (κ2) is 10.8. The van der Waals surface area contributed by atoms with E-state index in [9.17, 15) is 4.79 Å². The van der Waals surface area contributed by atoms with Gasteiger partial charge in [0.2, 0.25) is 5.91 Å². The van der Waals surface area contributed by atoms with Crippen LogP contribution >= 0.6 is 24.8 Å². The summed E-state index contributed by atoms with van der Waals surface area (Å²) in [6, 6.07) is 0.887. The van der Waals surface area contributed by atoms with Crippen molar-refractivity contribution < 1.29 is 4.79 Å². The predicted molar refractivity (Wildman–Crippen MR) is 101 cm³/mol. The molecule has 0 spiro atoms. The summed E-state index contributed by atoms with van der Waals surface area (Å²) >= 11 is 0. The molecule has 2 atom stereocenters. The molecule has 23 heavy (non-hydrogen) atoms. The van der Waals surface area contributed by atoms with Gasteiger partial charge in [0.25, 0.3) is 0 Å². The minimum atomic E-state index is 0.